The monoisotopic (exact) mass is 476 g/mol. The van der Waals surface area contributed by atoms with E-state index in [-0.39, 0.29) is 17.9 Å². The Labute approximate surface area is 207 Å². The molecule has 8 heteroatoms. The van der Waals surface area contributed by atoms with E-state index >= 15 is 0 Å². The molecule has 35 heavy (non-hydrogen) atoms. The fourth-order valence-corrected chi connectivity index (χ4v) is 4.64. The molecule has 1 aliphatic heterocycles. The number of piperazine rings is 1. The van der Waals surface area contributed by atoms with Crippen LogP contribution in [0.5, 0.6) is 5.75 Å². The van der Waals surface area contributed by atoms with Gasteiger partial charge in [-0.15, -0.1) is 0 Å². The molecule has 1 aliphatic rings. The number of methoxy groups -OCH3 is 1. The molecule has 0 aliphatic carbocycles. The fraction of sp³-hybridized carbons (Fsp3) is 0.444. The van der Waals surface area contributed by atoms with Crippen molar-refractivity contribution in [3.63, 3.8) is 0 Å². The number of hydrogen-bond acceptors (Lipinski definition) is 7. The zero-order chi connectivity index (χ0) is 24.9. The van der Waals surface area contributed by atoms with Crippen LogP contribution in [-0.2, 0) is 4.79 Å². The maximum atomic E-state index is 12.5. The van der Waals surface area contributed by atoms with E-state index in [9.17, 15) is 4.79 Å². The van der Waals surface area contributed by atoms with Gasteiger partial charge in [0.25, 0.3) is 0 Å². The van der Waals surface area contributed by atoms with Crippen molar-refractivity contribution in [3.05, 3.63) is 48.2 Å². The molecule has 1 aromatic heterocycles. The van der Waals surface area contributed by atoms with E-state index in [1.54, 1.807) is 7.11 Å². The third kappa shape index (κ3) is 5.48. The molecule has 0 bridgehead atoms. The van der Waals surface area contributed by atoms with Gasteiger partial charge in [0.15, 0.2) is 0 Å². The van der Waals surface area contributed by atoms with Crippen LogP contribution in [0, 0.1) is 0 Å². The summed E-state index contributed by atoms with van der Waals surface area (Å²) < 4.78 is 5.57. The smallest absolute Gasteiger partial charge is 0.239 e. The molecule has 1 fully saturated rings. The lowest BCUT2D eigenvalue weighted by Gasteiger charge is -2.37. The summed E-state index contributed by atoms with van der Waals surface area (Å²) in [6.07, 6.45) is 3.50. The zero-order valence-corrected chi connectivity index (χ0v) is 21.1. The summed E-state index contributed by atoms with van der Waals surface area (Å²) in [6, 6.07) is 11.8. The topological polar surface area (TPSA) is 96.6 Å². The number of amides is 1. The number of hydrogen-bond donors (Lipinski definition) is 2. The molecule has 186 valence electrons. The van der Waals surface area contributed by atoms with Crippen molar-refractivity contribution in [2.75, 3.05) is 43.5 Å². The van der Waals surface area contributed by atoms with E-state index in [0.29, 0.717) is 19.0 Å². The van der Waals surface area contributed by atoms with Crippen LogP contribution in [0.15, 0.2) is 42.6 Å². The molecule has 1 amide bonds. The Hall–Kier alpha value is -3.39. The Kier molecular flexibility index (Phi) is 7.70. The van der Waals surface area contributed by atoms with Gasteiger partial charge in [-0.3, -0.25) is 4.79 Å². The van der Waals surface area contributed by atoms with E-state index in [4.69, 9.17) is 15.5 Å². The van der Waals surface area contributed by atoms with Gasteiger partial charge in [-0.1, -0.05) is 27.2 Å². The first-order valence-corrected chi connectivity index (χ1v) is 12.4. The minimum absolute atomic E-state index is 0.0691. The number of fused-ring (bicyclic) bond motifs is 1. The summed E-state index contributed by atoms with van der Waals surface area (Å²) in [5.74, 6) is 1.74. The second kappa shape index (κ2) is 10.9. The number of anilines is 3. The van der Waals surface area contributed by atoms with Gasteiger partial charge in [-0.25, -0.2) is 9.97 Å². The Morgan fingerprint density at radius 2 is 1.83 bits per heavy atom. The lowest BCUT2D eigenvalue weighted by molar-refractivity contribution is -0.133. The van der Waals surface area contributed by atoms with E-state index < -0.39 is 0 Å². The first-order valence-electron chi connectivity index (χ1n) is 12.4. The highest BCUT2D eigenvalue weighted by atomic mass is 16.5. The first kappa shape index (κ1) is 24.7. The molecule has 8 nitrogen and oxygen atoms in total. The average molecular weight is 477 g/mol. The molecule has 2 aromatic carbocycles. The summed E-state index contributed by atoms with van der Waals surface area (Å²) in [4.78, 5) is 26.0. The predicted octanol–water partition coefficient (Wildman–Crippen LogP) is 4.28. The highest BCUT2D eigenvalue weighted by Crippen LogP contribution is 2.33. The van der Waals surface area contributed by atoms with Crippen LogP contribution < -0.4 is 20.7 Å². The summed E-state index contributed by atoms with van der Waals surface area (Å²) in [5.41, 5.74) is 10.1. The maximum Gasteiger partial charge on any atom is 0.239 e. The average Bonchev–Trinajstić information content (AvgIpc) is 2.88. The van der Waals surface area contributed by atoms with Gasteiger partial charge in [-0.2, -0.15) is 0 Å². The second-order valence-electron chi connectivity index (χ2n) is 9.35. The van der Waals surface area contributed by atoms with Crippen molar-refractivity contribution < 1.29 is 9.53 Å². The lowest BCUT2D eigenvalue weighted by Crippen LogP contribution is -2.53. The van der Waals surface area contributed by atoms with Crippen LogP contribution in [-0.4, -0.2) is 60.1 Å². The summed E-state index contributed by atoms with van der Waals surface area (Å²) in [5, 5.41) is 4.32. The third-order valence-corrected chi connectivity index (χ3v) is 6.55. The van der Waals surface area contributed by atoms with Gasteiger partial charge in [0.1, 0.15) is 5.75 Å². The van der Waals surface area contributed by atoms with Gasteiger partial charge in [0.05, 0.1) is 18.7 Å². The fourth-order valence-electron chi connectivity index (χ4n) is 4.64. The van der Waals surface area contributed by atoms with Crippen molar-refractivity contribution in [2.45, 2.75) is 45.6 Å². The molecule has 1 atom stereocenters. The number of carbonyl (C=O) groups excluding carboxylic acids is 1. The number of rotatable bonds is 8. The Morgan fingerprint density at radius 1 is 1.11 bits per heavy atom. The van der Waals surface area contributed by atoms with Gasteiger partial charge < -0.3 is 25.6 Å². The number of carbonyl (C=O) groups is 1. The van der Waals surface area contributed by atoms with Gasteiger partial charge in [0, 0.05) is 54.7 Å². The molecule has 2 heterocycles. The standard InChI is InChI=1S/C27H36N6O2/c1-5-6-22(28)26(34)33-15-13-32(14-16-33)21-10-8-20(9-11-21)30-27-29-17-19-7-12-23(35-4)24(18(2)3)25(19)31-27/h7-12,17-18,22H,5-6,13-16,28H2,1-4H3,(H,29,30,31). The Balaban J connectivity index is 1.43. The molecule has 3 N–H and O–H groups in total. The predicted molar refractivity (Wildman–Crippen MR) is 142 cm³/mol. The summed E-state index contributed by atoms with van der Waals surface area (Å²) in [6.45, 7) is 9.32. The van der Waals surface area contributed by atoms with E-state index in [1.807, 2.05) is 35.4 Å². The highest BCUT2D eigenvalue weighted by Gasteiger charge is 2.25. The van der Waals surface area contributed by atoms with Crippen LogP contribution in [0.4, 0.5) is 17.3 Å². The molecular weight excluding hydrogens is 440 g/mol. The van der Waals surface area contributed by atoms with Gasteiger partial charge in [0.2, 0.25) is 11.9 Å². The summed E-state index contributed by atoms with van der Waals surface area (Å²) >= 11 is 0. The molecule has 0 spiro atoms. The quantitative estimate of drug-likeness (QED) is 0.501. The number of nitrogens with one attached hydrogen (secondary N) is 1. The number of nitrogens with zero attached hydrogens (tertiary/aromatic N) is 4. The second-order valence-corrected chi connectivity index (χ2v) is 9.35. The van der Waals surface area contributed by atoms with E-state index in [2.05, 4.69) is 48.1 Å². The van der Waals surface area contributed by atoms with E-state index in [1.165, 1.54) is 0 Å². The van der Waals surface area contributed by atoms with Crippen LogP contribution in [0.1, 0.15) is 45.1 Å². The van der Waals surface area contributed by atoms with Crippen molar-refractivity contribution >= 4 is 34.1 Å². The number of benzene rings is 2. The van der Waals surface area contributed by atoms with Crippen molar-refractivity contribution in [1.29, 1.82) is 0 Å². The minimum atomic E-state index is -0.382. The molecule has 3 aromatic rings. The SMILES string of the molecule is CCCC(N)C(=O)N1CCN(c2ccc(Nc3ncc4ccc(OC)c(C(C)C)c4n3)cc2)CC1. The molecular formula is C27H36N6O2. The van der Waals surface area contributed by atoms with Gasteiger partial charge in [-0.05, 0) is 48.7 Å². The van der Waals surface area contributed by atoms with Crippen LogP contribution >= 0.6 is 0 Å². The molecule has 1 saturated heterocycles. The van der Waals surface area contributed by atoms with Crippen molar-refractivity contribution in [2.24, 2.45) is 5.73 Å². The molecule has 0 saturated carbocycles. The number of aromatic nitrogens is 2. The maximum absolute atomic E-state index is 12.5. The van der Waals surface area contributed by atoms with Crippen molar-refractivity contribution in [1.82, 2.24) is 14.9 Å². The lowest BCUT2D eigenvalue weighted by atomic mass is 9.99. The first-order chi connectivity index (χ1) is 16.9. The third-order valence-electron chi connectivity index (χ3n) is 6.55. The van der Waals surface area contributed by atoms with Gasteiger partial charge >= 0.3 is 0 Å². The van der Waals surface area contributed by atoms with Crippen LogP contribution in [0.2, 0.25) is 0 Å². The minimum Gasteiger partial charge on any atom is -0.496 e. The Morgan fingerprint density at radius 3 is 2.46 bits per heavy atom. The zero-order valence-electron chi connectivity index (χ0n) is 21.1. The summed E-state index contributed by atoms with van der Waals surface area (Å²) in [7, 11) is 1.69. The highest BCUT2D eigenvalue weighted by molar-refractivity contribution is 5.85. The Bertz CT molecular complexity index is 1160. The molecule has 1 unspecified atom stereocenters. The normalized spacial score (nSPS) is 14.9. The van der Waals surface area contributed by atoms with Crippen LogP contribution in [0.3, 0.4) is 0 Å². The number of ether oxygens (including phenoxy) is 1. The van der Waals surface area contributed by atoms with E-state index in [0.717, 1.165) is 59.5 Å². The number of nitrogens with two attached hydrogens (primary N) is 1. The largest absolute Gasteiger partial charge is 0.496 e. The van der Waals surface area contributed by atoms with Crippen LogP contribution in [0.25, 0.3) is 10.9 Å². The molecule has 0 radical (unpaired) electrons. The van der Waals surface area contributed by atoms with Crippen molar-refractivity contribution in [3.8, 4) is 5.75 Å². The molecule has 4 rings (SSSR count).